The molecule has 4 rings (SSSR count). The Bertz CT molecular complexity index is 1080. The number of hydrogen-bond acceptors (Lipinski definition) is 3. The Morgan fingerprint density at radius 1 is 1.03 bits per heavy atom. The summed E-state index contributed by atoms with van der Waals surface area (Å²) >= 11 is 0. The van der Waals surface area contributed by atoms with E-state index in [-0.39, 0.29) is 12.5 Å². The summed E-state index contributed by atoms with van der Waals surface area (Å²) in [4.78, 5) is 12.1. The van der Waals surface area contributed by atoms with Gasteiger partial charge < -0.3 is 15.8 Å². The first kappa shape index (κ1) is 18.6. The smallest absolute Gasteiger partial charge is 0.407 e. The summed E-state index contributed by atoms with van der Waals surface area (Å²) in [5.74, 6) is 6.02. The predicted molar refractivity (Wildman–Crippen MR) is 116 cm³/mol. The summed E-state index contributed by atoms with van der Waals surface area (Å²) in [6.07, 6.45) is -0.467. The van der Waals surface area contributed by atoms with Crippen LogP contribution in [0.3, 0.4) is 0 Å². The van der Waals surface area contributed by atoms with Crippen LogP contribution in [0.1, 0.15) is 28.2 Å². The fourth-order valence-electron chi connectivity index (χ4n) is 3.68. The van der Waals surface area contributed by atoms with Gasteiger partial charge in [-0.15, -0.1) is 0 Å². The summed E-state index contributed by atoms with van der Waals surface area (Å²) in [5, 5.41) is 2.69. The number of rotatable bonds is 3. The number of nitrogens with two attached hydrogens (primary N) is 1. The zero-order valence-electron chi connectivity index (χ0n) is 16.2. The SMILES string of the molecule is Cc1ccc(N)cc1C#CCNC(=O)OCC1c2ccccc2-c2ccccc21. The van der Waals surface area contributed by atoms with E-state index in [0.717, 1.165) is 11.1 Å². The van der Waals surface area contributed by atoms with Gasteiger partial charge in [0.2, 0.25) is 0 Å². The molecule has 1 aliphatic rings. The Labute approximate surface area is 170 Å². The maximum Gasteiger partial charge on any atom is 0.407 e. The van der Waals surface area contributed by atoms with Crippen LogP contribution in [0.5, 0.6) is 0 Å². The minimum Gasteiger partial charge on any atom is -0.449 e. The Balaban J connectivity index is 1.36. The summed E-state index contributed by atoms with van der Waals surface area (Å²) in [5.41, 5.74) is 13.2. The molecule has 3 aromatic carbocycles. The highest BCUT2D eigenvalue weighted by molar-refractivity contribution is 5.79. The van der Waals surface area contributed by atoms with Crippen LogP contribution < -0.4 is 11.1 Å². The van der Waals surface area contributed by atoms with Crippen molar-refractivity contribution >= 4 is 11.8 Å². The quantitative estimate of drug-likeness (QED) is 0.519. The molecule has 0 radical (unpaired) electrons. The number of alkyl carbamates (subject to hydrolysis) is 1. The van der Waals surface area contributed by atoms with Gasteiger partial charge in [-0.05, 0) is 46.9 Å². The van der Waals surface area contributed by atoms with E-state index in [9.17, 15) is 4.79 Å². The summed E-state index contributed by atoms with van der Waals surface area (Å²) in [7, 11) is 0. The number of nitrogen functional groups attached to an aromatic ring is 1. The zero-order valence-corrected chi connectivity index (χ0v) is 16.2. The van der Waals surface area contributed by atoms with Gasteiger partial charge in [0.25, 0.3) is 0 Å². The second-order valence-corrected chi connectivity index (χ2v) is 7.06. The predicted octanol–water partition coefficient (Wildman–Crippen LogP) is 4.47. The molecule has 1 amide bonds. The maximum atomic E-state index is 12.1. The molecule has 0 saturated carbocycles. The molecule has 0 atom stereocenters. The standard InChI is InChI=1S/C25H22N2O2/c1-17-12-13-19(26)15-18(17)7-6-14-27-25(28)29-16-24-22-10-4-2-8-20(22)21-9-3-5-11-23(21)24/h2-5,8-13,15,24H,14,16,26H2,1H3,(H,27,28). The second kappa shape index (κ2) is 8.12. The molecule has 29 heavy (non-hydrogen) atoms. The first-order valence-electron chi connectivity index (χ1n) is 9.57. The van der Waals surface area contributed by atoms with Gasteiger partial charge in [0.15, 0.2) is 0 Å². The van der Waals surface area contributed by atoms with Crippen molar-refractivity contribution in [1.29, 1.82) is 0 Å². The minimum atomic E-state index is -0.467. The van der Waals surface area contributed by atoms with E-state index in [0.29, 0.717) is 12.3 Å². The molecule has 4 nitrogen and oxygen atoms in total. The molecular formula is C25H22N2O2. The highest BCUT2D eigenvalue weighted by atomic mass is 16.5. The van der Waals surface area contributed by atoms with E-state index < -0.39 is 6.09 Å². The number of aryl methyl sites for hydroxylation is 1. The van der Waals surface area contributed by atoms with Crippen LogP contribution in [0.15, 0.2) is 66.7 Å². The molecule has 3 N–H and O–H groups in total. The number of hydrogen-bond donors (Lipinski definition) is 2. The topological polar surface area (TPSA) is 64.3 Å². The first-order valence-corrected chi connectivity index (χ1v) is 9.57. The van der Waals surface area contributed by atoms with Gasteiger partial charge in [0.05, 0.1) is 6.54 Å². The van der Waals surface area contributed by atoms with Crippen molar-refractivity contribution in [2.45, 2.75) is 12.8 Å². The number of carbonyl (C=O) groups is 1. The summed E-state index contributed by atoms with van der Waals surface area (Å²) < 4.78 is 5.50. The van der Waals surface area contributed by atoms with Gasteiger partial charge in [-0.1, -0.05) is 66.4 Å². The number of amides is 1. The average molecular weight is 382 g/mol. The Morgan fingerprint density at radius 2 is 1.69 bits per heavy atom. The lowest BCUT2D eigenvalue weighted by Crippen LogP contribution is -2.26. The van der Waals surface area contributed by atoms with Gasteiger partial charge in [0.1, 0.15) is 6.61 Å². The van der Waals surface area contributed by atoms with Crippen molar-refractivity contribution in [1.82, 2.24) is 5.32 Å². The summed E-state index contributed by atoms with van der Waals surface area (Å²) in [6, 6.07) is 22.1. The Morgan fingerprint density at radius 3 is 2.38 bits per heavy atom. The second-order valence-electron chi connectivity index (χ2n) is 7.06. The lowest BCUT2D eigenvalue weighted by molar-refractivity contribution is 0.144. The van der Waals surface area contributed by atoms with Crippen LogP contribution >= 0.6 is 0 Å². The number of fused-ring (bicyclic) bond motifs is 3. The lowest BCUT2D eigenvalue weighted by Gasteiger charge is -2.14. The molecular weight excluding hydrogens is 360 g/mol. The van der Waals surface area contributed by atoms with E-state index in [4.69, 9.17) is 10.5 Å². The molecule has 3 aromatic rings. The number of carbonyl (C=O) groups excluding carboxylic acids is 1. The van der Waals surface area contributed by atoms with E-state index in [2.05, 4.69) is 41.4 Å². The van der Waals surface area contributed by atoms with Crippen LogP contribution in [0, 0.1) is 18.8 Å². The molecule has 0 aliphatic heterocycles. The zero-order chi connectivity index (χ0) is 20.2. The number of ether oxygens (including phenoxy) is 1. The van der Waals surface area contributed by atoms with Crippen LogP contribution in [0.2, 0.25) is 0 Å². The third-order valence-corrected chi connectivity index (χ3v) is 5.15. The van der Waals surface area contributed by atoms with Crippen LogP contribution in [0.4, 0.5) is 10.5 Å². The van der Waals surface area contributed by atoms with Gasteiger partial charge in [0, 0.05) is 17.2 Å². The average Bonchev–Trinajstić information content (AvgIpc) is 3.06. The Kier molecular flexibility index (Phi) is 5.22. The van der Waals surface area contributed by atoms with Gasteiger partial charge in [-0.2, -0.15) is 0 Å². The third kappa shape index (κ3) is 3.95. The monoisotopic (exact) mass is 382 g/mol. The summed E-state index contributed by atoms with van der Waals surface area (Å²) in [6.45, 7) is 2.48. The molecule has 0 heterocycles. The maximum absolute atomic E-state index is 12.1. The van der Waals surface area contributed by atoms with Crippen molar-refractivity contribution in [2.75, 3.05) is 18.9 Å². The van der Waals surface area contributed by atoms with Crippen LogP contribution in [-0.2, 0) is 4.74 Å². The van der Waals surface area contributed by atoms with Crippen molar-refractivity contribution in [3.63, 3.8) is 0 Å². The fraction of sp³-hybridized carbons (Fsp3) is 0.160. The molecule has 1 aliphatic carbocycles. The van der Waals surface area contributed by atoms with Crippen molar-refractivity contribution < 1.29 is 9.53 Å². The molecule has 0 saturated heterocycles. The molecule has 0 unspecified atom stereocenters. The molecule has 0 bridgehead atoms. The van der Waals surface area contributed by atoms with Crippen molar-refractivity contribution in [3.8, 4) is 23.0 Å². The normalized spacial score (nSPS) is 11.8. The number of anilines is 1. The van der Waals surface area contributed by atoms with Crippen LogP contribution in [0.25, 0.3) is 11.1 Å². The van der Waals surface area contributed by atoms with E-state index in [1.165, 1.54) is 22.3 Å². The van der Waals surface area contributed by atoms with E-state index >= 15 is 0 Å². The van der Waals surface area contributed by atoms with Gasteiger partial charge in [-0.25, -0.2) is 4.79 Å². The van der Waals surface area contributed by atoms with E-state index in [1.54, 1.807) is 0 Å². The largest absolute Gasteiger partial charge is 0.449 e. The fourth-order valence-corrected chi connectivity index (χ4v) is 3.68. The number of benzene rings is 3. The molecule has 0 fully saturated rings. The van der Waals surface area contributed by atoms with E-state index in [1.807, 2.05) is 49.4 Å². The highest BCUT2D eigenvalue weighted by Crippen LogP contribution is 2.44. The van der Waals surface area contributed by atoms with Gasteiger partial charge >= 0.3 is 6.09 Å². The highest BCUT2D eigenvalue weighted by Gasteiger charge is 2.28. The minimum absolute atomic E-state index is 0.0502. The molecule has 0 spiro atoms. The first-order chi connectivity index (χ1) is 14.1. The number of nitrogens with one attached hydrogen (secondary N) is 1. The van der Waals surface area contributed by atoms with Crippen molar-refractivity contribution in [2.24, 2.45) is 0 Å². The van der Waals surface area contributed by atoms with Crippen molar-refractivity contribution in [3.05, 3.63) is 89.0 Å². The molecule has 0 aromatic heterocycles. The van der Waals surface area contributed by atoms with Gasteiger partial charge in [-0.3, -0.25) is 0 Å². The Hall–Kier alpha value is -3.71. The molecule has 144 valence electrons. The lowest BCUT2D eigenvalue weighted by atomic mass is 9.98. The third-order valence-electron chi connectivity index (χ3n) is 5.15. The van der Waals surface area contributed by atoms with Crippen LogP contribution in [-0.4, -0.2) is 19.2 Å². The molecule has 4 heteroatoms.